The van der Waals surface area contributed by atoms with Crippen LogP contribution in [0.2, 0.25) is 0 Å². The number of hydrogen-bond acceptors (Lipinski definition) is 5. The van der Waals surface area contributed by atoms with Gasteiger partial charge < -0.3 is 5.21 Å². The molecular weight excluding hydrogens is 208 g/mol. The monoisotopic (exact) mass is 226 g/mol. The fourth-order valence-electron chi connectivity index (χ4n) is 1.51. The summed E-state index contributed by atoms with van der Waals surface area (Å²) < 4.78 is 6.40. The third-order valence-corrected chi connectivity index (χ3v) is 2.38. The molecule has 0 aliphatic rings. The molecule has 0 saturated heterocycles. The van der Waals surface area contributed by atoms with Crippen LogP contribution in [0.5, 0.6) is 0 Å². The van der Waals surface area contributed by atoms with Crippen molar-refractivity contribution in [3.63, 3.8) is 0 Å². The van der Waals surface area contributed by atoms with Gasteiger partial charge in [-0.05, 0) is 6.42 Å². The Kier molecular flexibility index (Phi) is 6.13. The molecule has 6 nitrogen and oxygen atoms in total. The predicted molar refractivity (Wildman–Crippen MR) is 58.0 cm³/mol. The second-order valence-corrected chi connectivity index (χ2v) is 3.75. The van der Waals surface area contributed by atoms with Crippen LogP contribution in [0.25, 0.3) is 0 Å². The number of hydrogen-bond donors (Lipinski definition) is 0. The van der Waals surface area contributed by atoms with E-state index in [1.807, 2.05) is 0 Å². The van der Waals surface area contributed by atoms with Crippen molar-refractivity contribution >= 4 is 5.88 Å². The Morgan fingerprint density at radius 1 is 1.31 bits per heavy atom. The highest BCUT2D eigenvalue weighted by atomic mass is 16.5. The second-order valence-electron chi connectivity index (χ2n) is 3.75. The number of nitrogens with zero attached hydrogens (tertiary/aromatic N) is 4. The van der Waals surface area contributed by atoms with Crippen molar-refractivity contribution in [3.8, 4) is 0 Å². The summed E-state index contributed by atoms with van der Waals surface area (Å²) in [5, 5.41) is 19.1. The molecule has 0 amide bonds. The summed E-state index contributed by atoms with van der Waals surface area (Å²) in [5.74, 6) is 0.154. The lowest BCUT2D eigenvalue weighted by molar-refractivity contribution is -0.762. The van der Waals surface area contributed by atoms with Gasteiger partial charge in [-0.15, -0.1) is 5.11 Å². The fraction of sp³-hybridized carbons (Fsp3) is 0.800. The molecule has 1 heterocycles. The van der Waals surface area contributed by atoms with Crippen molar-refractivity contribution in [2.24, 2.45) is 10.4 Å². The molecule has 0 N–H and O–H groups in total. The Morgan fingerprint density at radius 3 is 2.81 bits per heavy atom. The Bertz CT molecular complexity index is 312. The molecule has 0 atom stereocenters. The molecule has 1 aromatic heterocycles. The van der Waals surface area contributed by atoms with Crippen molar-refractivity contribution in [1.29, 1.82) is 0 Å². The van der Waals surface area contributed by atoms with E-state index < -0.39 is 0 Å². The molecule has 0 fully saturated rings. The van der Waals surface area contributed by atoms with Gasteiger partial charge in [0.2, 0.25) is 5.27 Å². The largest absolute Gasteiger partial charge is 0.775 e. The zero-order valence-electron chi connectivity index (χ0n) is 9.63. The SMILES string of the molecule is CCCCCCCC[n+]1cc(/N=N/[O-])on1. The highest BCUT2D eigenvalue weighted by Gasteiger charge is 2.09. The van der Waals surface area contributed by atoms with E-state index in [-0.39, 0.29) is 5.88 Å². The maximum Gasteiger partial charge on any atom is 0.339 e. The smallest absolute Gasteiger partial charge is 0.339 e. The van der Waals surface area contributed by atoms with Crippen LogP contribution in [0.15, 0.2) is 21.1 Å². The first kappa shape index (κ1) is 12.6. The Balaban J connectivity index is 2.12. The van der Waals surface area contributed by atoms with Gasteiger partial charge in [0.25, 0.3) is 6.20 Å². The molecule has 0 spiro atoms. The standard InChI is InChI=1S/C10H18N4O2/c1-2-3-4-5-6-7-8-14-9-10(11-12-15)16-13-14/h9H,2-8H2,1H3. The van der Waals surface area contributed by atoms with E-state index in [0.29, 0.717) is 0 Å². The van der Waals surface area contributed by atoms with Crippen molar-refractivity contribution < 1.29 is 9.20 Å². The average Bonchev–Trinajstić information content (AvgIpc) is 2.72. The molecule has 0 unspecified atom stereocenters. The fourth-order valence-corrected chi connectivity index (χ4v) is 1.51. The van der Waals surface area contributed by atoms with Crippen molar-refractivity contribution in [2.45, 2.75) is 52.0 Å². The molecule has 0 bridgehead atoms. The highest BCUT2D eigenvalue weighted by molar-refractivity contribution is 5.09. The Hall–Kier alpha value is -1.46. The van der Waals surface area contributed by atoms with Crippen LogP contribution in [0.4, 0.5) is 5.88 Å². The summed E-state index contributed by atoms with van der Waals surface area (Å²) in [4.78, 5) is 0. The minimum Gasteiger partial charge on any atom is -0.775 e. The number of unbranched alkanes of at least 4 members (excludes halogenated alkanes) is 5. The lowest BCUT2D eigenvalue weighted by Crippen LogP contribution is -2.34. The average molecular weight is 226 g/mol. The summed E-state index contributed by atoms with van der Waals surface area (Å²) in [6.07, 6.45) is 8.97. The summed E-state index contributed by atoms with van der Waals surface area (Å²) >= 11 is 0. The van der Waals surface area contributed by atoms with Crippen molar-refractivity contribution in [3.05, 3.63) is 11.4 Å². The first-order valence-corrected chi connectivity index (χ1v) is 5.76. The van der Waals surface area contributed by atoms with E-state index in [4.69, 9.17) is 4.52 Å². The third-order valence-electron chi connectivity index (χ3n) is 2.38. The summed E-state index contributed by atoms with van der Waals surface area (Å²) in [7, 11) is 0. The van der Waals surface area contributed by atoms with Crippen LogP contribution >= 0.6 is 0 Å². The number of aryl methyl sites for hydroxylation is 1. The lowest BCUT2D eigenvalue weighted by atomic mass is 10.1. The van der Waals surface area contributed by atoms with Crippen LogP contribution in [-0.4, -0.2) is 5.27 Å². The molecule has 1 rings (SSSR count). The van der Waals surface area contributed by atoms with E-state index >= 15 is 0 Å². The first-order chi connectivity index (χ1) is 7.86. The number of aromatic nitrogens is 2. The summed E-state index contributed by atoms with van der Waals surface area (Å²) in [6.45, 7) is 3.00. The normalized spacial score (nSPS) is 11.3. The lowest BCUT2D eigenvalue weighted by Gasteiger charge is -1.95. The van der Waals surface area contributed by atoms with E-state index in [2.05, 4.69) is 22.6 Å². The van der Waals surface area contributed by atoms with Crippen LogP contribution in [0, 0.1) is 5.21 Å². The van der Waals surface area contributed by atoms with Crippen LogP contribution in [-0.2, 0) is 6.54 Å². The molecular formula is C10H18N4O2. The third kappa shape index (κ3) is 4.86. The maximum absolute atomic E-state index is 9.83. The molecule has 1 aromatic rings. The molecule has 0 saturated carbocycles. The minimum atomic E-state index is 0.154. The van der Waals surface area contributed by atoms with Gasteiger partial charge in [0.15, 0.2) is 6.54 Å². The quantitative estimate of drug-likeness (QED) is 0.296. The van der Waals surface area contributed by atoms with Gasteiger partial charge in [-0.25, -0.2) is 5.28 Å². The summed E-state index contributed by atoms with van der Waals surface area (Å²) in [6, 6.07) is 0. The predicted octanol–water partition coefficient (Wildman–Crippen LogP) is 2.90. The van der Waals surface area contributed by atoms with Gasteiger partial charge in [0.1, 0.15) is 0 Å². The maximum atomic E-state index is 9.83. The van der Waals surface area contributed by atoms with E-state index in [0.717, 1.165) is 13.0 Å². The molecule has 90 valence electrons. The van der Waals surface area contributed by atoms with Crippen molar-refractivity contribution in [1.82, 2.24) is 5.27 Å². The minimum absolute atomic E-state index is 0.154. The van der Waals surface area contributed by atoms with E-state index in [9.17, 15) is 5.21 Å². The van der Waals surface area contributed by atoms with Crippen LogP contribution in [0.1, 0.15) is 45.4 Å². The Labute approximate surface area is 94.9 Å². The van der Waals surface area contributed by atoms with Crippen molar-refractivity contribution in [2.75, 3.05) is 0 Å². The van der Waals surface area contributed by atoms with Gasteiger partial charge in [-0.1, -0.05) is 37.3 Å². The molecule has 0 aliphatic carbocycles. The molecule has 16 heavy (non-hydrogen) atoms. The van der Waals surface area contributed by atoms with Gasteiger partial charge >= 0.3 is 5.88 Å². The van der Waals surface area contributed by atoms with Gasteiger partial charge in [0, 0.05) is 6.42 Å². The zero-order valence-corrected chi connectivity index (χ0v) is 9.63. The Morgan fingerprint density at radius 2 is 2.06 bits per heavy atom. The molecule has 0 aliphatic heterocycles. The highest BCUT2D eigenvalue weighted by Crippen LogP contribution is 2.07. The van der Waals surface area contributed by atoms with Crippen LogP contribution < -0.4 is 4.68 Å². The molecule has 6 heteroatoms. The van der Waals surface area contributed by atoms with E-state index in [1.165, 1.54) is 32.1 Å². The van der Waals surface area contributed by atoms with Gasteiger partial charge in [-0.3, -0.25) is 4.52 Å². The molecule has 0 aromatic carbocycles. The first-order valence-electron chi connectivity index (χ1n) is 5.76. The second kappa shape index (κ2) is 7.78. The van der Waals surface area contributed by atoms with Crippen LogP contribution in [0.3, 0.4) is 0 Å². The topological polar surface area (TPSA) is 77.7 Å². The summed E-state index contributed by atoms with van der Waals surface area (Å²) in [5.41, 5.74) is 0. The number of rotatable bonds is 8. The molecule has 0 radical (unpaired) electrons. The zero-order chi connectivity index (χ0) is 11.6. The van der Waals surface area contributed by atoms with Gasteiger partial charge in [-0.2, -0.15) is 0 Å². The van der Waals surface area contributed by atoms with Gasteiger partial charge in [0.05, 0.1) is 0 Å². The van der Waals surface area contributed by atoms with E-state index in [1.54, 1.807) is 10.9 Å².